The Balaban J connectivity index is 2.43. The van der Waals surface area contributed by atoms with Crippen LogP contribution in [0.4, 0.5) is 18.9 Å². The normalized spacial score (nSPS) is 19.6. The number of nitrogens with one attached hydrogen (secondary N) is 1. The maximum atomic E-state index is 12.7. The number of benzene rings is 1. The lowest BCUT2D eigenvalue weighted by Gasteiger charge is -2.30. The number of halogens is 3. The third kappa shape index (κ3) is 2.20. The highest BCUT2D eigenvalue weighted by molar-refractivity contribution is 5.59. The van der Waals surface area contributed by atoms with E-state index in [1.165, 1.54) is 6.07 Å². The Bertz CT molecular complexity index is 449. The van der Waals surface area contributed by atoms with E-state index in [0.29, 0.717) is 0 Å². The summed E-state index contributed by atoms with van der Waals surface area (Å²) in [5, 5.41) is 3.20. The molecule has 1 unspecified atom stereocenters. The molecule has 1 aliphatic heterocycles. The van der Waals surface area contributed by atoms with Gasteiger partial charge in [0.15, 0.2) is 0 Å². The van der Waals surface area contributed by atoms with Crippen LogP contribution in [0.5, 0.6) is 0 Å². The van der Waals surface area contributed by atoms with Gasteiger partial charge >= 0.3 is 6.18 Å². The molecule has 0 spiro atoms. The summed E-state index contributed by atoms with van der Waals surface area (Å²) in [4.78, 5) is 0. The van der Waals surface area contributed by atoms with Gasteiger partial charge in [-0.15, -0.1) is 0 Å². The quantitative estimate of drug-likeness (QED) is 0.813. The third-order valence-corrected chi connectivity index (χ3v) is 4.11. The molecule has 1 atom stereocenters. The SMILES string of the molecule is CCC(C)(C)C1CNc2ccc(C(F)(F)F)cc21. The van der Waals surface area contributed by atoms with Crippen molar-refractivity contribution in [3.63, 3.8) is 0 Å². The summed E-state index contributed by atoms with van der Waals surface area (Å²) in [5.41, 5.74) is 1.09. The molecule has 1 aromatic rings. The molecule has 1 nitrogen and oxygen atoms in total. The van der Waals surface area contributed by atoms with Crippen LogP contribution in [0.2, 0.25) is 0 Å². The highest BCUT2D eigenvalue weighted by Crippen LogP contribution is 2.46. The fourth-order valence-electron chi connectivity index (χ4n) is 2.45. The topological polar surface area (TPSA) is 12.0 Å². The van der Waals surface area contributed by atoms with Crippen molar-refractivity contribution in [2.45, 2.75) is 39.3 Å². The first kappa shape index (κ1) is 13.2. The molecule has 4 heteroatoms. The first-order valence-electron chi connectivity index (χ1n) is 6.20. The summed E-state index contributed by atoms with van der Waals surface area (Å²) in [7, 11) is 0. The molecule has 100 valence electrons. The summed E-state index contributed by atoms with van der Waals surface area (Å²) in [5.74, 6) is 0.139. The molecule has 0 saturated carbocycles. The van der Waals surface area contributed by atoms with Crippen molar-refractivity contribution in [2.75, 3.05) is 11.9 Å². The molecule has 0 aromatic heterocycles. The van der Waals surface area contributed by atoms with Gasteiger partial charge in [-0.25, -0.2) is 0 Å². The number of alkyl halides is 3. The number of hydrogen-bond acceptors (Lipinski definition) is 1. The van der Waals surface area contributed by atoms with E-state index in [1.807, 2.05) is 0 Å². The minimum atomic E-state index is -4.27. The van der Waals surface area contributed by atoms with Crippen LogP contribution < -0.4 is 5.32 Å². The van der Waals surface area contributed by atoms with Gasteiger partial charge < -0.3 is 5.32 Å². The lowest BCUT2D eigenvalue weighted by Crippen LogP contribution is -2.23. The molecular weight excluding hydrogens is 239 g/mol. The van der Waals surface area contributed by atoms with Crippen LogP contribution in [0.1, 0.15) is 44.2 Å². The molecule has 1 aliphatic rings. The van der Waals surface area contributed by atoms with E-state index in [9.17, 15) is 13.2 Å². The van der Waals surface area contributed by atoms with Crippen LogP contribution in [0.15, 0.2) is 18.2 Å². The first-order chi connectivity index (χ1) is 8.25. The van der Waals surface area contributed by atoms with Crippen molar-refractivity contribution in [1.82, 2.24) is 0 Å². The molecular formula is C14H18F3N. The van der Waals surface area contributed by atoms with Crippen molar-refractivity contribution in [3.8, 4) is 0 Å². The lowest BCUT2D eigenvalue weighted by atomic mass is 9.74. The van der Waals surface area contributed by atoms with Crippen LogP contribution in [0.25, 0.3) is 0 Å². The Labute approximate surface area is 105 Å². The fourth-order valence-corrected chi connectivity index (χ4v) is 2.45. The Morgan fingerprint density at radius 3 is 2.50 bits per heavy atom. The molecule has 2 rings (SSSR count). The van der Waals surface area contributed by atoms with Crippen molar-refractivity contribution < 1.29 is 13.2 Å². The highest BCUT2D eigenvalue weighted by Gasteiger charge is 2.37. The van der Waals surface area contributed by atoms with Gasteiger partial charge in [0.1, 0.15) is 0 Å². The zero-order valence-electron chi connectivity index (χ0n) is 10.9. The van der Waals surface area contributed by atoms with Crippen LogP contribution in [-0.2, 0) is 6.18 Å². The second-order valence-electron chi connectivity index (χ2n) is 5.58. The van der Waals surface area contributed by atoms with E-state index in [2.05, 4.69) is 26.1 Å². The zero-order chi connectivity index (χ0) is 13.6. The molecule has 0 saturated heterocycles. The van der Waals surface area contributed by atoms with E-state index in [-0.39, 0.29) is 11.3 Å². The average molecular weight is 257 g/mol. The molecule has 0 fully saturated rings. The third-order valence-electron chi connectivity index (χ3n) is 4.11. The summed E-state index contributed by atoms with van der Waals surface area (Å²) < 4.78 is 38.2. The van der Waals surface area contributed by atoms with Gasteiger partial charge in [-0.1, -0.05) is 27.2 Å². The van der Waals surface area contributed by atoms with Gasteiger partial charge in [0, 0.05) is 18.2 Å². The molecule has 18 heavy (non-hydrogen) atoms. The van der Waals surface area contributed by atoms with E-state index in [4.69, 9.17) is 0 Å². The van der Waals surface area contributed by atoms with Crippen molar-refractivity contribution in [3.05, 3.63) is 29.3 Å². The second-order valence-corrected chi connectivity index (χ2v) is 5.58. The van der Waals surface area contributed by atoms with Crippen molar-refractivity contribution >= 4 is 5.69 Å². The van der Waals surface area contributed by atoms with Gasteiger partial charge in [-0.05, 0) is 29.2 Å². The van der Waals surface area contributed by atoms with E-state index >= 15 is 0 Å². The van der Waals surface area contributed by atoms with Crippen LogP contribution >= 0.6 is 0 Å². The van der Waals surface area contributed by atoms with Crippen molar-refractivity contribution in [2.24, 2.45) is 5.41 Å². The largest absolute Gasteiger partial charge is 0.416 e. The Morgan fingerprint density at radius 2 is 1.94 bits per heavy atom. The monoisotopic (exact) mass is 257 g/mol. The minimum Gasteiger partial charge on any atom is -0.384 e. The van der Waals surface area contributed by atoms with E-state index in [1.54, 1.807) is 6.07 Å². The summed E-state index contributed by atoms with van der Waals surface area (Å²) >= 11 is 0. The summed E-state index contributed by atoms with van der Waals surface area (Å²) in [6, 6.07) is 3.99. The zero-order valence-corrected chi connectivity index (χ0v) is 10.9. The Morgan fingerprint density at radius 1 is 1.28 bits per heavy atom. The molecule has 0 amide bonds. The predicted octanol–water partition coefficient (Wildman–Crippen LogP) is 4.65. The summed E-state index contributed by atoms with van der Waals surface area (Å²) in [6.45, 7) is 7.01. The average Bonchev–Trinajstić information content (AvgIpc) is 2.71. The van der Waals surface area contributed by atoms with Gasteiger partial charge in [0.2, 0.25) is 0 Å². The Hall–Kier alpha value is -1.19. The second kappa shape index (κ2) is 4.18. The van der Waals surface area contributed by atoms with Crippen molar-refractivity contribution in [1.29, 1.82) is 0 Å². The fraction of sp³-hybridized carbons (Fsp3) is 0.571. The Kier molecular flexibility index (Phi) is 3.07. The number of anilines is 1. The van der Waals surface area contributed by atoms with E-state index < -0.39 is 11.7 Å². The highest BCUT2D eigenvalue weighted by atomic mass is 19.4. The number of hydrogen-bond donors (Lipinski definition) is 1. The maximum absolute atomic E-state index is 12.7. The van der Waals surface area contributed by atoms with Gasteiger partial charge in [0.25, 0.3) is 0 Å². The predicted molar refractivity (Wildman–Crippen MR) is 66.7 cm³/mol. The van der Waals surface area contributed by atoms with Crippen LogP contribution in [-0.4, -0.2) is 6.54 Å². The number of rotatable bonds is 2. The molecule has 1 aromatic carbocycles. The lowest BCUT2D eigenvalue weighted by molar-refractivity contribution is -0.137. The number of fused-ring (bicyclic) bond motifs is 1. The standard InChI is InChI=1S/C14H18F3N/c1-4-13(2,3)11-8-18-12-6-5-9(7-10(11)12)14(15,16)17/h5-7,11,18H,4,8H2,1-3H3. The van der Waals surface area contributed by atoms with Crippen LogP contribution in [0, 0.1) is 5.41 Å². The molecule has 0 aliphatic carbocycles. The van der Waals surface area contributed by atoms with Gasteiger partial charge in [-0.2, -0.15) is 13.2 Å². The molecule has 0 radical (unpaired) electrons. The van der Waals surface area contributed by atoms with Gasteiger partial charge in [-0.3, -0.25) is 0 Å². The smallest absolute Gasteiger partial charge is 0.384 e. The van der Waals surface area contributed by atoms with Crippen LogP contribution in [0.3, 0.4) is 0 Å². The summed E-state index contributed by atoms with van der Waals surface area (Å²) in [6.07, 6.45) is -3.33. The maximum Gasteiger partial charge on any atom is 0.416 e. The first-order valence-corrected chi connectivity index (χ1v) is 6.20. The molecule has 0 bridgehead atoms. The van der Waals surface area contributed by atoms with Gasteiger partial charge in [0.05, 0.1) is 5.56 Å². The van der Waals surface area contributed by atoms with E-state index in [0.717, 1.165) is 30.3 Å². The molecule has 1 heterocycles. The minimum absolute atomic E-state index is 0.00245. The molecule has 1 N–H and O–H groups in total.